The first kappa shape index (κ1) is 26.2. The van der Waals surface area contributed by atoms with Crippen LogP contribution in [0.25, 0.3) is 0 Å². The molecule has 3 aliphatic carbocycles. The molecule has 0 saturated heterocycles. The van der Waals surface area contributed by atoms with Crippen LogP contribution in [0.4, 0.5) is 0 Å². The Morgan fingerprint density at radius 3 is 2.19 bits per heavy atom. The molecule has 0 bridgehead atoms. The number of fused-ring (bicyclic) bond motifs is 1. The van der Waals surface area contributed by atoms with Crippen molar-refractivity contribution in [3.63, 3.8) is 0 Å². The van der Waals surface area contributed by atoms with Crippen LogP contribution in [-0.2, 0) is 0 Å². The van der Waals surface area contributed by atoms with Crippen LogP contribution >= 0.6 is 0 Å². The quantitative estimate of drug-likeness (QED) is 0.379. The molecule has 0 heterocycles. The molecule has 0 aromatic carbocycles. The lowest BCUT2D eigenvalue weighted by Gasteiger charge is -2.54. The molecule has 0 radical (unpaired) electrons. The molecule has 0 amide bonds. The van der Waals surface area contributed by atoms with Gasteiger partial charge in [0.2, 0.25) is 0 Å². The minimum Gasteiger partial charge on any atom is -0.393 e. The lowest BCUT2D eigenvalue weighted by molar-refractivity contribution is -0.0856. The molecule has 3 fully saturated rings. The molecule has 9 unspecified atom stereocenters. The van der Waals surface area contributed by atoms with E-state index in [1.807, 2.05) is 0 Å². The summed E-state index contributed by atoms with van der Waals surface area (Å²) < 4.78 is 0. The van der Waals surface area contributed by atoms with Gasteiger partial charge < -0.3 is 15.3 Å². The number of aliphatic hydroxyl groups is 3. The van der Waals surface area contributed by atoms with Crippen LogP contribution in [0.1, 0.15) is 106 Å². The van der Waals surface area contributed by atoms with E-state index in [0.29, 0.717) is 23.7 Å². The van der Waals surface area contributed by atoms with Gasteiger partial charge in [0, 0.05) is 5.41 Å². The van der Waals surface area contributed by atoms with E-state index < -0.39 is 6.10 Å². The molecule has 9 atom stereocenters. The highest BCUT2D eigenvalue weighted by Crippen LogP contribution is 2.64. The van der Waals surface area contributed by atoms with Crippen molar-refractivity contribution >= 4 is 0 Å². The molecule has 0 spiro atoms. The Morgan fingerprint density at radius 2 is 1.59 bits per heavy atom. The normalized spacial score (nSPS) is 43.4. The van der Waals surface area contributed by atoms with Gasteiger partial charge in [0.15, 0.2) is 0 Å². The van der Waals surface area contributed by atoms with E-state index in [9.17, 15) is 15.3 Å². The number of aliphatic hydroxyl groups excluding tert-OH is 3. The van der Waals surface area contributed by atoms with Crippen LogP contribution in [0.5, 0.6) is 0 Å². The zero-order chi connectivity index (χ0) is 23.7. The Balaban J connectivity index is 1.78. The largest absolute Gasteiger partial charge is 0.393 e. The van der Waals surface area contributed by atoms with E-state index in [1.54, 1.807) is 0 Å². The van der Waals surface area contributed by atoms with Gasteiger partial charge in [-0.15, -0.1) is 0 Å². The topological polar surface area (TPSA) is 60.7 Å². The Bertz CT molecular complexity index is 642. The number of hydrogen-bond acceptors (Lipinski definition) is 3. The fraction of sp³-hybridized carbons (Fsp3) is 0.931. The highest BCUT2D eigenvalue weighted by Gasteiger charge is 2.56. The third-order valence-electron chi connectivity index (χ3n) is 10.7. The average molecular weight is 449 g/mol. The molecule has 186 valence electrons. The van der Waals surface area contributed by atoms with Crippen LogP contribution in [0, 0.1) is 46.3 Å². The van der Waals surface area contributed by atoms with Gasteiger partial charge >= 0.3 is 0 Å². The Labute approximate surface area is 198 Å². The van der Waals surface area contributed by atoms with Crippen molar-refractivity contribution in [2.24, 2.45) is 46.3 Å². The summed E-state index contributed by atoms with van der Waals surface area (Å²) in [5.41, 5.74) is 1.56. The van der Waals surface area contributed by atoms with Crippen LogP contribution in [0.15, 0.2) is 11.6 Å². The van der Waals surface area contributed by atoms with Gasteiger partial charge in [0.25, 0.3) is 0 Å². The summed E-state index contributed by atoms with van der Waals surface area (Å²) in [7, 11) is 0. The van der Waals surface area contributed by atoms with E-state index in [0.717, 1.165) is 42.9 Å². The summed E-state index contributed by atoms with van der Waals surface area (Å²) in [6.45, 7) is 14.5. The maximum atomic E-state index is 11.0. The molecule has 0 aromatic heterocycles. The molecule has 3 rings (SSSR count). The van der Waals surface area contributed by atoms with Gasteiger partial charge in [-0.25, -0.2) is 0 Å². The van der Waals surface area contributed by atoms with Gasteiger partial charge in [-0.3, -0.25) is 0 Å². The number of allylic oxidation sites excluding steroid dienone is 1. The summed E-state index contributed by atoms with van der Waals surface area (Å²) in [6.07, 6.45) is 12.3. The molecule has 0 aromatic rings. The highest BCUT2D eigenvalue weighted by molar-refractivity contribution is 5.25. The predicted molar refractivity (Wildman–Crippen MR) is 133 cm³/mol. The second-order valence-corrected chi connectivity index (χ2v) is 12.6. The van der Waals surface area contributed by atoms with Gasteiger partial charge in [-0.2, -0.15) is 0 Å². The second kappa shape index (κ2) is 10.5. The molecular weight excluding hydrogens is 396 g/mol. The minimum atomic E-state index is -0.458. The van der Waals surface area contributed by atoms with E-state index in [2.05, 4.69) is 47.6 Å². The van der Waals surface area contributed by atoms with Gasteiger partial charge in [-0.05, 0) is 92.3 Å². The SMILES string of the molecule is CCC(CCC(C)C1CCC2C(=CCO)C(C3(C)CCC(O)CC3O)CCC21C)C(C)C. The molecule has 3 heteroatoms. The van der Waals surface area contributed by atoms with Crippen molar-refractivity contribution in [3.8, 4) is 0 Å². The average Bonchev–Trinajstić information content (AvgIpc) is 3.09. The number of hydrogen-bond donors (Lipinski definition) is 3. The summed E-state index contributed by atoms with van der Waals surface area (Å²) in [5.74, 6) is 3.97. The predicted octanol–water partition coefficient (Wildman–Crippen LogP) is 6.36. The molecule has 32 heavy (non-hydrogen) atoms. The Hall–Kier alpha value is -0.380. The summed E-state index contributed by atoms with van der Waals surface area (Å²) >= 11 is 0. The summed E-state index contributed by atoms with van der Waals surface area (Å²) in [6, 6.07) is 0. The van der Waals surface area contributed by atoms with E-state index >= 15 is 0 Å². The molecular formula is C29H52O3. The maximum absolute atomic E-state index is 11.0. The standard InChI is InChI=1S/C29H52O3/c1-7-21(19(2)3)9-8-20(4)24-10-11-25-23(14-17-30)26(13-16-28(24,25)5)29(6)15-12-22(31)18-27(29)32/h14,19-22,24-27,30-32H,7-13,15-18H2,1-6H3. The fourth-order valence-electron chi connectivity index (χ4n) is 8.45. The lowest BCUT2D eigenvalue weighted by atomic mass is 9.51. The van der Waals surface area contributed by atoms with Crippen LogP contribution in [-0.4, -0.2) is 34.1 Å². The third kappa shape index (κ3) is 4.86. The molecule has 3 saturated carbocycles. The minimum absolute atomic E-state index is 0.0972. The van der Waals surface area contributed by atoms with E-state index in [4.69, 9.17) is 0 Å². The highest BCUT2D eigenvalue weighted by atomic mass is 16.3. The first-order valence-electron chi connectivity index (χ1n) is 13.7. The first-order valence-corrected chi connectivity index (χ1v) is 13.7. The monoisotopic (exact) mass is 448 g/mol. The zero-order valence-electron chi connectivity index (χ0n) is 21.8. The van der Waals surface area contributed by atoms with Crippen molar-refractivity contribution in [2.45, 2.75) is 118 Å². The van der Waals surface area contributed by atoms with E-state index in [1.165, 1.54) is 44.1 Å². The molecule has 0 aliphatic heterocycles. The van der Waals surface area contributed by atoms with Crippen molar-refractivity contribution in [1.82, 2.24) is 0 Å². The Kier molecular flexibility index (Phi) is 8.59. The zero-order valence-corrected chi connectivity index (χ0v) is 21.8. The summed E-state index contributed by atoms with van der Waals surface area (Å²) in [4.78, 5) is 0. The maximum Gasteiger partial charge on any atom is 0.0624 e. The lowest BCUT2D eigenvalue weighted by Crippen LogP contribution is -2.50. The van der Waals surface area contributed by atoms with Crippen molar-refractivity contribution in [2.75, 3.05) is 6.61 Å². The first-order chi connectivity index (χ1) is 15.1. The Morgan fingerprint density at radius 1 is 0.938 bits per heavy atom. The van der Waals surface area contributed by atoms with Crippen LogP contribution in [0.2, 0.25) is 0 Å². The fourth-order valence-corrected chi connectivity index (χ4v) is 8.45. The van der Waals surface area contributed by atoms with Crippen molar-refractivity contribution in [1.29, 1.82) is 0 Å². The van der Waals surface area contributed by atoms with Gasteiger partial charge in [0.05, 0.1) is 18.8 Å². The molecule has 3 N–H and O–H groups in total. The van der Waals surface area contributed by atoms with E-state index in [-0.39, 0.29) is 18.1 Å². The second-order valence-electron chi connectivity index (χ2n) is 12.6. The molecule has 3 aliphatic rings. The van der Waals surface area contributed by atoms with Crippen molar-refractivity contribution < 1.29 is 15.3 Å². The smallest absolute Gasteiger partial charge is 0.0624 e. The third-order valence-corrected chi connectivity index (χ3v) is 10.7. The molecule has 3 nitrogen and oxygen atoms in total. The van der Waals surface area contributed by atoms with Gasteiger partial charge in [0.1, 0.15) is 0 Å². The van der Waals surface area contributed by atoms with Gasteiger partial charge in [-0.1, -0.05) is 66.0 Å². The van der Waals surface area contributed by atoms with Crippen molar-refractivity contribution in [3.05, 3.63) is 11.6 Å². The van der Waals surface area contributed by atoms with Crippen LogP contribution < -0.4 is 0 Å². The number of rotatable bonds is 8. The summed E-state index contributed by atoms with van der Waals surface area (Å²) in [5, 5.41) is 31.1. The van der Waals surface area contributed by atoms with Crippen LogP contribution in [0.3, 0.4) is 0 Å².